The third-order valence-electron chi connectivity index (χ3n) is 3.47. The number of fused-ring (bicyclic) bond motifs is 1. The Labute approximate surface area is 122 Å². The van der Waals surface area contributed by atoms with E-state index in [0.29, 0.717) is 0 Å². The predicted molar refractivity (Wildman–Crippen MR) is 87.1 cm³/mol. The number of para-hydroxylation sites is 1. The number of aromatic nitrogens is 1. The fraction of sp³-hybridized carbons (Fsp3) is 0.529. The Morgan fingerprint density at radius 3 is 2.55 bits per heavy atom. The number of likely N-dealkylation sites (N-methyl/N-ethyl adjacent to an activating group) is 1. The number of hydrogen-bond acceptors (Lipinski definition) is 2. The maximum atomic E-state index is 3.59. The molecule has 110 valence electrons. The van der Waals surface area contributed by atoms with Crippen molar-refractivity contribution in [1.82, 2.24) is 14.8 Å². The third-order valence-corrected chi connectivity index (χ3v) is 3.47. The van der Waals surface area contributed by atoms with Gasteiger partial charge in [0, 0.05) is 31.4 Å². The van der Waals surface area contributed by atoms with Crippen LogP contribution in [0.15, 0.2) is 30.5 Å². The smallest absolute Gasteiger partial charge is 0.0526 e. The van der Waals surface area contributed by atoms with Crippen molar-refractivity contribution in [1.29, 1.82) is 0 Å². The van der Waals surface area contributed by atoms with Crippen LogP contribution in [0, 0.1) is 0 Å². The molecule has 20 heavy (non-hydrogen) atoms. The van der Waals surface area contributed by atoms with Crippen LogP contribution in [-0.4, -0.2) is 35.6 Å². The minimum Gasteiger partial charge on any atom is -0.346 e. The SMILES string of the molecule is CN(C)CCn1ccc2cccc(CNC(C)(C)C)c21. The lowest BCUT2D eigenvalue weighted by molar-refractivity contribution is 0.386. The van der Waals surface area contributed by atoms with Gasteiger partial charge < -0.3 is 14.8 Å². The van der Waals surface area contributed by atoms with Crippen molar-refractivity contribution in [2.75, 3.05) is 20.6 Å². The maximum Gasteiger partial charge on any atom is 0.0526 e. The van der Waals surface area contributed by atoms with Gasteiger partial charge in [-0.15, -0.1) is 0 Å². The van der Waals surface area contributed by atoms with Gasteiger partial charge in [-0.2, -0.15) is 0 Å². The molecule has 3 nitrogen and oxygen atoms in total. The standard InChI is InChI=1S/C17H27N3/c1-17(2,3)18-13-15-8-6-7-14-9-10-20(16(14)15)12-11-19(4)5/h6-10,18H,11-13H2,1-5H3. The molecular formula is C17H27N3. The molecule has 1 aromatic carbocycles. The van der Waals surface area contributed by atoms with E-state index in [1.807, 2.05) is 0 Å². The van der Waals surface area contributed by atoms with E-state index in [1.54, 1.807) is 0 Å². The summed E-state index contributed by atoms with van der Waals surface area (Å²) in [6.07, 6.45) is 2.20. The highest BCUT2D eigenvalue weighted by atomic mass is 15.1. The van der Waals surface area contributed by atoms with Crippen LogP contribution in [0.5, 0.6) is 0 Å². The first-order valence-electron chi connectivity index (χ1n) is 7.33. The Balaban J connectivity index is 2.26. The summed E-state index contributed by atoms with van der Waals surface area (Å²) < 4.78 is 2.37. The Hall–Kier alpha value is -1.32. The molecule has 0 amide bonds. The zero-order chi connectivity index (χ0) is 14.8. The molecule has 0 saturated heterocycles. The van der Waals surface area contributed by atoms with Gasteiger partial charge in [0.05, 0.1) is 5.52 Å². The van der Waals surface area contributed by atoms with Crippen LogP contribution in [0.3, 0.4) is 0 Å². The van der Waals surface area contributed by atoms with Crippen LogP contribution in [-0.2, 0) is 13.1 Å². The minimum atomic E-state index is 0.142. The molecule has 0 spiro atoms. The normalized spacial score (nSPS) is 12.5. The first-order chi connectivity index (χ1) is 9.37. The van der Waals surface area contributed by atoms with Gasteiger partial charge in [0.15, 0.2) is 0 Å². The molecule has 0 fully saturated rings. The van der Waals surface area contributed by atoms with Gasteiger partial charge in [0.25, 0.3) is 0 Å². The average molecular weight is 273 g/mol. The highest BCUT2D eigenvalue weighted by Gasteiger charge is 2.11. The van der Waals surface area contributed by atoms with Crippen molar-refractivity contribution in [3.63, 3.8) is 0 Å². The fourth-order valence-corrected chi connectivity index (χ4v) is 2.34. The van der Waals surface area contributed by atoms with Gasteiger partial charge >= 0.3 is 0 Å². The van der Waals surface area contributed by atoms with Crippen LogP contribution < -0.4 is 5.32 Å². The molecule has 0 unspecified atom stereocenters. The highest BCUT2D eigenvalue weighted by Crippen LogP contribution is 2.21. The quantitative estimate of drug-likeness (QED) is 0.903. The molecule has 0 atom stereocenters. The first kappa shape index (κ1) is 15.1. The van der Waals surface area contributed by atoms with E-state index in [-0.39, 0.29) is 5.54 Å². The molecule has 2 aromatic rings. The molecular weight excluding hydrogens is 246 g/mol. The molecule has 2 rings (SSSR count). The van der Waals surface area contributed by atoms with E-state index in [4.69, 9.17) is 0 Å². The van der Waals surface area contributed by atoms with Crippen LogP contribution in [0.4, 0.5) is 0 Å². The van der Waals surface area contributed by atoms with Gasteiger partial charge in [0.1, 0.15) is 0 Å². The predicted octanol–water partition coefficient (Wildman–Crippen LogP) is 3.09. The summed E-state index contributed by atoms with van der Waals surface area (Å²) in [7, 11) is 4.24. The number of hydrogen-bond donors (Lipinski definition) is 1. The second-order valence-corrected chi connectivity index (χ2v) is 6.77. The Morgan fingerprint density at radius 2 is 1.90 bits per heavy atom. The number of nitrogens with one attached hydrogen (secondary N) is 1. The first-order valence-corrected chi connectivity index (χ1v) is 7.33. The molecule has 1 heterocycles. The van der Waals surface area contributed by atoms with E-state index < -0.39 is 0 Å². The summed E-state index contributed by atoms with van der Waals surface area (Å²) in [5, 5.41) is 4.92. The number of nitrogens with zero attached hydrogens (tertiary/aromatic N) is 2. The van der Waals surface area contributed by atoms with E-state index in [1.165, 1.54) is 16.5 Å². The van der Waals surface area contributed by atoms with Crippen molar-refractivity contribution < 1.29 is 0 Å². The van der Waals surface area contributed by atoms with Gasteiger partial charge in [-0.05, 0) is 51.9 Å². The molecule has 1 N–H and O–H groups in total. The van der Waals surface area contributed by atoms with Gasteiger partial charge in [0.2, 0.25) is 0 Å². The minimum absolute atomic E-state index is 0.142. The van der Waals surface area contributed by atoms with Crippen molar-refractivity contribution in [3.05, 3.63) is 36.0 Å². The van der Waals surface area contributed by atoms with Crippen LogP contribution in [0.25, 0.3) is 10.9 Å². The zero-order valence-electron chi connectivity index (χ0n) is 13.4. The monoisotopic (exact) mass is 273 g/mol. The molecule has 0 bridgehead atoms. The highest BCUT2D eigenvalue weighted by molar-refractivity contribution is 5.83. The average Bonchev–Trinajstić information content (AvgIpc) is 2.76. The summed E-state index contributed by atoms with van der Waals surface area (Å²) in [6.45, 7) is 9.62. The molecule has 1 aromatic heterocycles. The van der Waals surface area contributed by atoms with E-state index in [0.717, 1.165) is 19.6 Å². The van der Waals surface area contributed by atoms with E-state index in [2.05, 4.69) is 80.1 Å². The Morgan fingerprint density at radius 1 is 1.15 bits per heavy atom. The van der Waals surface area contributed by atoms with Crippen LogP contribution in [0.1, 0.15) is 26.3 Å². The summed E-state index contributed by atoms with van der Waals surface area (Å²) in [6, 6.07) is 8.79. The molecule has 0 aliphatic carbocycles. The fourth-order valence-electron chi connectivity index (χ4n) is 2.34. The topological polar surface area (TPSA) is 20.2 Å². The van der Waals surface area contributed by atoms with Crippen molar-refractivity contribution >= 4 is 10.9 Å². The molecule has 3 heteroatoms. The van der Waals surface area contributed by atoms with E-state index in [9.17, 15) is 0 Å². The summed E-state index contributed by atoms with van der Waals surface area (Å²) >= 11 is 0. The van der Waals surface area contributed by atoms with Gasteiger partial charge in [-0.3, -0.25) is 0 Å². The lowest BCUT2D eigenvalue weighted by Gasteiger charge is -2.21. The van der Waals surface area contributed by atoms with Crippen molar-refractivity contribution in [2.45, 2.75) is 39.4 Å². The number of rotatable bonds is 5. The lowest BCUT2D eigenvalue weighted by Crippen LogP contribution is -2.35. The summed E-state index contributed by atoms with van der Waals surface area (Å²) in [5.74, 6) is 0. The van der Waals surface area contributed by atoms with Crippen molar-refractivity contribution in [2.24, 2.45) is 0 Å². The van der Waals surface area contributed by atoms with E-state index >= 15 is 0 Å². The molecule has 0 aliphatic heterocycles. The maximum absolute atomic E-state index is 3.59. The molecule has 0 saturated carbocycles. The third kappa shape index (κ3) is 3.84. The zero-order valence-corrected chi connectivity index (χ0v) is 13.4. The summed E-state index contributed by atoms with van der Waals surface area (Å²) in [4.78, 5) is 2.22. The molecule has 0 aliphatic rings. The van der Waals surface area contributed by atoms with Crippen molar-refractivity contribution in [3.8, 4) is 0 Å². The Bertz CT molecular complexity index is 561. The largest absolute Gasteiger partial charge is 0.346 e. The van der Waals surface area contributed by atoms with Gasteiger partial charge in [-0.1, -0.05) is 18.2 Å². The number of benzene rings is 1. The van der Waals surface area contributed by atoms with Crippen LogP contribution in [0.2, 0.25) is 0 Å². The van der Waals surface area contributed by atoms with Gasteiger partial charge in [-0.25, -0.2) is 0 Å². The Kier molecular flexibility index (Phi) is 4.51. The van der Waals surface area contributed by atoms with Crippen LogP contribution >= 0.6 is 0 Å². The summed E-state index contributed by atoms with van der Waals surface area (Å²) in [5.41, 5.74) is 2.88. The second-order valence-electron chi connectivity index (χ2n) is 6.77. The lowest BCUT2D eigenvalue weighted by atomic mass is 10.1. The second kappa shape index (κ2) is 5.98. The molecule has 0 radical (unpaired) electrons.